The molecule has 3 nitrogen and oxygen atoms in total. The molecule has 0 spiro atoms. The molecule has 0 radical (unpaired) electrons. The normalized spacial score (nSPS) is 10.4. The van der Waals surface area contributed by atoms with Crippen LogP contribution in [-0.4, -0.2) is 10.9 Å². The standard InChI is InChI=1S/C16H16F2N2O/c1-11-3-2-4-13(20-11)10-19-16(21)8-6-12-5-7-14(17)15(18)9-12/h2-5,7,9H,6,8,10H2,1H3,(H,19,21). The number of nitrogens with one attached hydrogen (secondary N) is 1. The molecule has 0 aliphatic carbocycles. The molecule has 0 saturated heterocycles. The van der Waals surface area contributed by atoms with Gasteiger partial charge in [0.2, 0.25) is 5.91 Å². The first kappa shape index (κ1) is 15.1. The topological polar surface area (TPSA) is 42.0 Å². The van der Waals surface area contributed by atoms with Gasteiger partial charge >= 0.3 is 0 Å². The first-order valence-electron chi connectivity index (χ1n) is 6.68. The highest BCUT2D eigenvalue weighted by Gasteiger charge is 2.06. The number of carbonyl (C=O) groups is 1. The highest BCUT2D eigenvalue weighted by molar-refractivity contribution is 5.76. The molecule has 0 bridgehead atoms. The van der Waals surface area contributed by atoms with E-state index in [-0.39, 0.29) is 12.3 Å². The molecule has 0 unspecified atom stereocenters. The van der Waals surface area contributed by atoms with E-state index in [0.717, 1.165) is 23.5 Å². The van der Waals surface area contributed by atoms with E-state index in [2.05, 4.69) is 10.3 Å². The van der Waals surface area contributed by atoms with Crippen LogP contribution in [-0.2, 0) is 17.8 Å². The first-order chi connectivity index (χ1) is 10.0. The third-order valence-electron chi connectivity index (χ3n) is 3.04. The molecule has 0 atom stereocenters. The Morgan fingerprint density at radius 2 is 2.00 bits per heavy atom. The van der Waals surface area contributed by atoms with Crippen LogP contribution in [0.1, 0.15) is 23.4 Å². The predicted octanol–water partition coefficient (Wildman–Crippen LogP) is 2.92. The van der Waals surface area contributed by atoms with Crippen LogP contribution in [0.5, 0.6) is 0 Å². The van der Waals surface area contributed by atoms with Gasteiger partial charge in [-0.05, 0) is 43.2 Å². The van der Waals surface area contributed by atoms with Crippen LogP contribution in [0, 0.1) is 18.6 Å². The van der Waals surface area contributed by atoms with E-state index in [1.807, 2.05) is 25.1 Å². The molecule has 1 N–H and O–H groups in total. The summed E-state index contributed by atoms with van der Waals surface area (Å²) in [5.74, 6) is -1.92. The Labute approximate surface area is 122 Å². The van der Waals surface area contributed by atoms with E-state index in [0.29, 0.717) is 18.5 Å². The zero-order valence-corrected chi connectivity index (χ0v) is 11.7. The van der Waals surface area contributed by atoms with Crippen molar-refractivity contribution in [3.05, 3.63) is 65.0 Å². The lowest BCUT2D eigenvalue weighted by Gasteiger charge is -2.06. The number of halogens is 2. The van der Waals surface area contributed by atoms with Crippen LogP contribution in [0.25, 0.3) is 0 Å². The van der Waals surface area contributed by atoms with E-state index in [4.69, 9.17) is 0 Å². The number of aromatic nitrogens is 1. The molecular weight excluding hydrogens is 274 g/mol. The van der Waals surface area contributed by atoms with E-state index < -0.39 is 11.6 Å². The molecule has 1 aromatic heterocycles. The van der Waals surface area contributed by atoms with Crippen LogP contribution >= 0.6 is 0 Å². The summed E-state index contributed by atoms with van der Waals surface area (Å²) in [4.78, 5) is 16.0. The Hall–Kier alpha value is -2.30. The molecular formula is C16H16F2N2O. The van der Waals surface area contributed by atoms with E-state index in [9.17, 15) is 13.6 Å². The first-order valence-corrected chi connectivity index (χ1v) is 6.68. The highest BCUT2D eigenvalue weighted by atomic mass is 19.2. The number of benzene rings is 1. The van der Waals surface area contributed by atoms with Crippen LogP contribution in [0.15, 0.2) is 36.4 Å². The predicted molar refractivity (Wildman–Crippen MR) is 75.5 cm³/mol. The summed E-state index contributed by atoms with van der Waals surface area (Å²) in [6.07, 6.45) is 0.584. The molecule has 0 aliphatic rings. The Bertz CT molecular complexity index is 644. The summed E-state index contributed by atoms with van der Waals surface area (Å²) < 4.78 is 25.8. The minimum atomic E-state index is -0.892. The number of nitrogens with zero attached hydrogens (tertiary/aromatic N) is 1. The fraction of sp³-hybridized carbons (Fsp3) is 0.250. The fourth-order valence-electron chi connectivity index (χ4n) is 1.93. The summed E-state index contributed by atoms with van der Waals surface area (Å²) >= 11 is 0. The zero-order chi connectivity index (χ0) is 15.2. The molecule has 110 valence electrons. The average Bonchev–Trinajstić information content (AvgIpc) is 2.46. The Balaban J connectivity index is 1.80. The number of amides is 1. The van der Waals surface area contributed by atoms with Crippen molar-refractivity contribution in [1.29, 1.82) is 0 Å². The van der Waals surface area contributed by atoms with Gasteiger partial charge in [-0.15, -0.1) is 0 Å². The second-order valence-corrected chi connectivity index (χ2v) is 4.80. The van der Waals surface area contributed by atoms with Gasteiger partial charge in [0.1, 0.15) is 0 Å². The van der Waals surface area contributed by atoms with Crippen molar-refractivity contribution >= 4 is 5.91 Å². The molecule has 2 rings (SSSR count). The minimum absolute atomic E-state index is 0.150. The molecule has 0 fully saturated rings. The molecule has 5 heteroatoms. The Morgan fingerprint density at radius 1 is 1.19 bits per heavy atom. The van der Waals surface area contributed by atoms with Crippen molar-refractivity contribution in [2.75, 3.05) is 0 Å². The minimum Gasteiger partial charge on any atom is -0.350 e. The van der Waals surface area contributed by atoms with Gasteiger partial charge in [0, 0.05) is 12.1 Å². The van der Waals surface area contributed by atoms with Crippen molar-refractivity contribution in [3.8, 4) is 0 Å². The van der Waals surface area contributed by atoms with Crippen LogP contribution < -0.4 is 5.32 Å². The second kappa shape index (κ2) is 6.92. The summed E-state index contributed by atoms with van der Waals surface area (Å²) in [6.45, 7) is 2.24. The van der Waals surface area contributed by atoms with Crippen molar-refractivity contribution < 1.29 is 13.6 Å². The van der Waals surface area contributed by atoms with Gasteiger partial charge in [-0.25, -0.2) is 8.78 Å². The van der Waals surface area contributed by atoms with E-state index >= 15 is 0 Å². The van der Waals surface area contributed by atoms with E-state index in [1.165, 1.54) is 6.07 Å². The number of hydrogen-bond donors (Lipinski definition) is 1. The van der Waals surface area contributed by atoms with Gasteiger partial charge in [-0.1, -0.05) is 12.1 Å². The van der Waals surface area contributed by atoms with Gasteiger partial charge in [-0.3, -0.25) is 9.78 Å². The maximum absolute atomic E-state index is 13.0. The molecule has 1 heterocycles. The molecule has 2 aromatic rings. The quantitative estimate of drug-likeness (QED) is 0.920. The van der Waals surface area contributed by atoms with Gasteiger partial charge in [-0.2, -0.15) is 0 Å². The van der Waals surface area contributed by atoms with Gasteiger partial charge < -0.3 is 5.32 Å². The van der Waals surface area contributed by atoms with Crippen molar-refractivity contribution in [3.63, 3.8) is 0 Å². The summed E-state index contributed by atoms with van der Waals surface area (Å²) in [7, 11) is 0. The number of pyridine rings is 1. The van der Waals surface area contributed by atoms with Gasteiger partial charge in [0.05, 0.1) is 12.2 Å². The van der Waals surface area contributed by atoms with Gasteiger partial charge in [0.25, 0.3) is 0 Å². The molecule has 1 aromatic carbocycles. The number of hydrogen-bond acceptors (Lipinski definition) is 2. The third kappa shape index (κ3) is 4.63. The smallest absolute Gasteiger partial charge is 0.220 e. The monoisotopic (exact) mass is 290 g/mol. The average molecular weight is 290 g/mol. The SMILES string of the molecule is Cc1cccc(CNC(=O)CCc2ccc(F)c(F)c2)n1. The third-order valence-corrected chi connectivity index (χ3v) is 3.04. The maximum Gasteiger partial charge on any atom is 0.220 e. The van der Waals surface area contributed by atoms with Gasteiger partial charge in [0.15, 0.2) is 11.6 Å². The molecule has 1 amide bonds. The van der Waals surface area contributed by atoms with Crippen LogP contribution in [0.3, 0.4) is 0 Å². The number of rotatable bonds is 5. The van der Waals surface area contributed by atoms with Crippen LogP contribution in [0.4, 0.5) is 8.78 Å². The molecule has 21 heavy (non-hydrogen) atoms. The Kier molecular flexibility index (Phi) is 4.98. The lowest BCUT2D eigenvalue weighted by Crippen LogP contribution is -2.23. The molecule has 0 aliphatic heterocycles. The van der Waals surface area contributed by atoms with Crippen molar-refractivity contribution in [2.45, 2.75) is 26.3 Å². The van der Waals surface area contributed by atoms with Crippen molar-refractivity contribution in [1.82, 2.24) is 10.3 Å². The number of carbonyl (C=O) groups excluding carboxylic acids is 1. The van der Waals surface area contributed by atoms with E-state index in [1.54, 1.807) is 0 Å². The lowest BCUT2D eigenvalue weighted by atomic mass is 10.1. The zero-order valence-electron chi connectivity index (χ0n) is 11.7. The second-order valence-electron chi connectivity index (χ2n) is 4.80. The summed E-state index contributed by atoms with van der Waals surface area (Å²) in [5, 5.41) is 2.75. The highest BCUT2D eigenvalue weighted by Crippen LogP contribution is 2.10. The summed E-state index contributed by atoms with van der Waals surface area (Å²) in [6, 6.07) is 9.26. The largest absolute Gasteiger partial charge is 0.350 e. The molecule has 0 saturated carbocycles. The van der Waals surface area contributed by atoms with Crippen molar-refractivity contribution in [2.24, 2.45) is 0 Å². The maximum atomic E-state index is 13.0. The van der Waals surface area contributed by atoms with Crippen LogP contribution in [0.2, 0.25) is 0 Å². The summed E-state index contributed by atoms with van der Waals surface area (Å²) in [5.41, 5.74) is 2.28. The number of aryl methyl sites for hydroxylation is 2. The Morgan fingerprint density at radius 3 is 2.71 bits per heavy atom. The fourth-order valence-corrected chi connectivity index (χ4v) is 1.93. The lowest BCUT2D eigenvalue weighted by molar-refractivity contribution is -0.121.